The molecule has 0 bridgehead atoms. The van der Waals surface area contributed by atoms with Crippen molar-refractivity contribution in [3.63, 3.8) is 0 Å². The third kappa shape index (κ3) is 2.62. The first-order valence-corrected chi connectivity index (χ1v) is 4.28. The third-order valence-electron chi connectivity index (χ3n) is 1.82. The molecule has 0 heterocycles. The van der Waals surface area contributed by atoms with Crippen LogP contribution in [0.2, 0.25) is 0 Å². The second-order valence-corrected chi connectivity index (χ2v) is 3.12. The van der Waals surface area contributed by atoms with Crippen LogP contribution in [0.4, 0.5) is 5.69 Å². The number of carboxylic acid groups (broad SMARTS) is 1. The molecule has 1 rings (SSSR count). The van der Waals surface area contributed by atoms with E-state index in [0.29, 0.717) is 0 Å². The van der Waals surface area contributed by atoms with Gasteiger partial charge in [-0.15, -0.1) is 0 Å². The van der Waals surface area contributed by atoms with Gasteiger partial charge in [-0.25, -0.2) is 4.79 Å². The molecule has 0 aliphatic heterocycles. The van der Waals surface area contributed by atoms with E-state index < -0.39 is 5.97 Å². The zero-order chi connectivity index (χ0) is 10.6. The number of benzene rings is 1. The number of hydrogen-bond acceptors (Lipinski definition) is 2. The van der Waals surface area contributed by atoms with Gasteiger partial charge < -0.3 is 10.0 Å². The molecular weight excluding hydrogens is 178 g/mol. The van der Waals surface area contributed by atoms with Crippen molar-refractivity contribution in [3.8, 4) is 0 Å². The number of carbonyl (C=O) groups is 1. The molecule has 3 heteroatoms. The van der Waals surface area contributed by atoms with Crippen molar-refractivity contribution >= 4 is 17.7 Å². The summed E-state index contributed by atoms with van der Waals surface area (Å²) in [6, 6.07) is 7.64. The maximum Gasteiger partial charge on any atom is 0.328 e. The molecule has 74 valence electrons. The summed E-state index contributed by atoms with van der Waals surface area (Å²) in [6.07, 6.45) is 2.74. The van der Waals surface area contributed by atoms with Crippen molar-refractivity contribution in [2.45, 2.75) is 0 Å². The molecule has 0 aromatic heterocycles. The normalized spacial score (nSPS) is 10.4. The van der Waals surface area contributed by atoms with Crippen molar-refractivity contribution in [2.75, 3.05) is 19.0 Å². The standard InChI is InChI=1S/C11H13NO2/c1-12(2)10-6-4-3-5-9(10)7-8-11(13)14/h3-8H,1-2H3,(H,13,14). The molecule has 0 spiro atoms. The highest BCUT2D eigenvalue weighted by Gasteiger charge is 1.99. The van der Waals surface area contributed by atoms with Crippen LogP contribution in [-0.2, 0) is 4.79 Å². The fourth-order valence-corrected chi connectivity index (χ4v) is 1.20. The van der Waals surface area contributed by atoms with Crippen molar-refractivity contribution in [3.05, 3.63) is 35.9 Å². The summed E-state index contributed by atoms with van der Waals surface area (Å²) in [7, 11) is 3.85. The van der Waals surface area contributed by atoms with Crippen LogP contribution in [0.15, 0.2) is 30.3 Å². The first kappa shape index (κ1) is 10.3. The lowest BCUT2D eigenvalue weighted by molar-refractivity contribution is -0.131. The number of para-hydroxylation sites is 1. The van der Waals surface area contributed by atoms with Gasteiger partial charge in [0.2, 0.25) is 0 Å². The van der Waals surface area contributed by atoms with E-state index in [-0.39, 0.29) is 0 Å². The van der Waals surface area contributed by atoms with Gasteiger partial charge in [0.1, 0.15) is 0 Å². The lowest BCUT2D eigenvalue weighted by Crippen LogP contribution is -2.09. The SMILES string of the molecule is CN(C)c1ccccc1C=CC(=O)O. The van der Waals surface area contributed by atoms with Crippen LogP contribution in [0.25, 0.3) is 6.08 Å². The Bertz CT molecular complexity index is 356. The Balaban J connectivity index is 3.01. The predicted octanol–water partition coefficient (Wildman–Crippen LogP) is 1.85. The van der Waals surface area contributed by atoms with Crippen molar-refractivity contribution in [1.29, 1.82) is 0 Å². The Morgan fingerprint density at radius 2 is 2.00 bits per heavy atom. The molecule has 3 nitrogen and oxygen atoms in total. The lowest BCUT2D eigenvalue weighted by Gasteiger charge is -2.14. The van der Waals surface area contributed by atoms with Gasteiger partial charge in [0.15, 0.2) is 0 Å². The average molecular weight is 191 g/mol. The minimum absolute atomic E-state index is 0.903. The van der Waals surface area contributed by atoms with E-state index >= 15 is 0 Å². The van der Waals surface area contributed by atoms with E-state index in [1.54, 1.807) is 6.08 Å². The molecule has 0 saturated heterocycles. The minimum Gasteiger partial charge on any atom is -0.478 e. The number of carboxylic acids is 1. The highest BCUT2D eigenvalue weighted by Crippen LogP contribution is 2.18. The van der Waals surface area contributed by atoms with E-state index in [2.05, 4.69) is 0 Å². The summed E-state index contributed by atoms with van der Waals surface area (Å²) in [6.45, 7) is 0. The van der Waals surface area contributed by atoms with Crippen LogP contribution < -0.4 is 4.90 Å². The first-order valence-electron chi connectivity index (χ1n) is 4.28. The topological polar surface area (TPSA) is 40.5 Å². The summed E-state index contributed by atoms with van der Waals surface area (Å²) < 4.78 is 0. The number of hydrogen-bond donors (Lipinski definition) is 1. The molecule has 0 unspecified atom stereocenters. The molecule has 0 fully saturated rings. The van der Waals surface area contributed by atoms with E-state index in [4.69, 9.17) is 5.11 Å². The van der Waals surface area contributed by atoms with E-state index in [9.17, 15) is 4.79 Å². The molecule has 1 aromatic rings. The van der Waals surface area contributed by atoms with Crippen LogP contribution in [0.5, 0.6) is 0 Å². The highest BCUT2D eigenvalue weighted by molar-refractivity contribution is 5.86. The van der Waals surface area contributed by atoms with Crippen LogP contribution in [0.1, 0.15) is 5.56 Å². The monoisotopic (exact) mass is 191 g/mol. The van der Waals surface area contributed by atoms with Gasteiger partial charge in [-0.3, -0.25) is 0 Å². The van der Waals surface area contributed by atoms with E-state index in [1.807, 2.05) is 43.3 Å². The summed E-state index contributed by atoms with van der Waals surface area (Å²) in [4.78, 5) is 12.3. The van der Waals surface area contributed by atoms with Gasteiger partial charge in [-0.1, -0.05) is 18.2 Å². The van der Waals surface area contributed by atoms with Gasteiger partial charge in [0, 0.05) is 25.9 Å². The zero-order valence-electron chi connectivity index (χ0n) is 8.27. The number of rotatable bonds is 3. The molecule has 1 N–H and O–H groups in total. The zero-order valence-corrected chi connectivity index (χ0v) is 8.27. The van der Waals surface area contributed by atoms with Crippen LogP contribution in [-0.4, -0.2) is 25.2 Å². The number of aliphatic carboxylic acids is 1. The quantitative estimate of drug-likeness (QED) is 0.741. The maximum atomic E-state index is 10.4. The largest absolute Gasteiger partial charge is 0.478 e. The smallest absolute Gasteiger partial charge is 0.328 e. The molecule has 0 saturated carbocycles. The highest BCUT2D eigenvalue weighted by atomic mass is 16.4. The fraction of sp³-hybridized carbons (Fsp3) is 0.182. The van der Waals surface area contributed by atoms with Gasteiger partial charge >= 0.3 is 5.97 Å². The Hall–Kier alpha value is -1.77. The van der Waals surface area contributed by atoms with Crippen molar-refractivity contribution in [2.24, 2.45) is 0 Å². The van der Waals surface area contributed by atoms with Gasteiger partial charge in [-0.05, 0) is 17.7 Å². The first-order chi connectivity index (χ1) is 6.61. The Morgan fingerprint density at radius 3 is 2.57 bits per heavy atom. The van der Waals surface area contributed by atoms with E-state index in [0.717, 1.165) is 17.3 Å². The van der Waals surface area contributed by atoms with Gasteiger partial charge in [0.25, 0.3) is 0 Å². The van der Waals surface area contributed by atoms with Crippen molar-refractivity contribution < 1.29 is 9.90 Å². The van der Waals surface area contributed by atoms with Gasteiger partial charge in [-0.2, -0.15) is 0 Å². The molecule has 0 aliphatic rings. The second kappa shape index (κ2) is 4.46. The summed E-state index contributed by atoms with van der Waals surface area (Å²) in [5.74, 6) is -0.932. The van der Waals surface area contributed by atoms with Crippen LogP contribution in [0, 0.1) is 0 Å². The summed E-state index contributed by atoms with van der Waals surface area (Å²) in [5, 5.41) is 8.50. The molecule has 1 aromatic carbocycles. The molecule has 0 atom stereocenters. The molecule has 14 heavy (non-hydrogen) atoms. The molecular formula is C11H13NO2. The van der Waals surface area contributed by atoms with Crippen molar-refractivity contribution in [1.82, 2.24) is 0 Å². The van der Waals surface area contributed by atoms with Crippen LogP contribution >= 0.6 is 0 Å². The summed E-state index contributed by atoms with van der Waals surface area (Å²) in [5.41, 5.74) is 1.91. The van der Waals surface area contributed by atoms with Crippen LogP contribution in [0.3, 0.4) is 0 Å². The van der Waals surface area contributed by atoms with Gasteiger partial charge in [0.05, 0.1) is 0 Å². The average Bonchev–Trinajstić information content (AvgIpc) is 2.15. The minimum atomic E-state index is -0.932. The maximum absolute atomic E-state index is 10.4. The summed E-state index contributed by atoms with van der Waals surface area (Å²) >= 11 is 0. The lowest BCUT2D eigenvalue weighted by atomic mass is 10.1. The molecule has 0 amide bonds. The Kier molecular flexibility index (Phi) is 3.29. The Labute approximate surface area is 83.3 Å². The molecule has 0 aliphatic carbocycles. The third-order valence-corrected chi connectivity index (χ3v) is 1.82. The van der Waals surface area contributed by atoms with E-state index in [1.165, 1.54) is 0 Å². The fourth-order valence-electron chi connectivity index (χ4n) is 1.20. The number of anilines is 1. The predicted molar refractivity (Wildman–Crippen MR) is 57.4 cm³/mol. The Morgan fingerprint density at radius 1 is 1.36 bits per heavy atom. The number of nitrogens with zero attached hydrogens (tertiary/aromatic N) is 1. The second-order valence-electron chi connectivity index (χ2n) is 3.12. The molecule has 0 radical (unpaired) electrons.